The molecule has 7 nitrogen and oxygen atoms in total. The summed E-state index contributed by atoms with van der Waals surface area (Å²) in [6.45, 7) is 5.33. The van der Waals surface area contributed by atoms with Crippen LogP contribution in [0.2, 0.25) is 0 Å². The number of carbonyl (C=O) groups excluding carboxylic acids is 1. The summed E-state index contributed by atoms with van der Waals surface area (Å²) in [5.41, 5.74) is 1.85. The Labute approximate surface area is 171 Å². The Kier molecular flexibility index (Phi) is 6.44. The second-order valence-corrected chi connectivity index (χ2v) is 8.61. The molecule has 0 saturated carbocycles. The first-order valence-electron chi connectivity index (χ1n) is 9.54. The van der Waals surface area contributed by atoms with Crippen LogP contribution >= 0.6 is 0 Å². The van der Waals surface area contributed by atoms with Gasteiger partial charge >= 0.3 is 0 Å². The molecular weight excluding hydrogens is 392 g/mol. The number of sulfonamides is 1. The zero-order valence-electron chi connectivity index (χ0n) is 16.8. The van der Waals surface area contributed by atoms with Gasteiger partial charge in [0, 0.05) is 24.3 Å². The van der Waals surface area contributed by atoms with Crippen LogP contribution in [0.4, 0.5) is 5.69 Å². The molecule has 2 aromatic carbocycles. The van der Waals surface area contributed by atoms with Crippen molar-refractivity contribution in [3.8, 4) is 5.75 Å². The number of amides is 1. The summed E-state index contributed by atoms with van der Waals surface area (Å²) in [5.74, 6) is -0.0545. The predicted molar refractivity (Wildman–Crippen MR) is 111 cm³/mol. The fourth-order valence-corrected chi connectivity index (χ4v) is 4.48. The fraction of sp³-hybridized carbons (Fsp3) is 0.381. The number of benzene rings is 2. The molecule has 1 N–H and O–H groups in total. The largest absolute Gasteiger partial charge is 0.495 e. The summed E-state index contributed by atoms with van der Waals surface area (Å²) in [5, 5.41) is 0. The van der Waals surface area contributed by atoms with Crippen molar-refractivity contribution in [3.63, 3.8) is 0 Å². The molecule has 1 atom stereocenters. The fourth-order valence-electron chi connectivity index (χ4n) is 3.22. The first kappa shape index (κ1) is 21.1. The van der Waals surface area contributed by atoms with Crippen LogP contribution in [0.15, 0.2) is 47.4 Å². The zero-order valence-corrected chi connectivity index (χ0v) is 17.7. The highest BCUT2D eigenvalue weighted by Crippen LogP contribution is 2.28. The zero-order chi connectivity index (χ0) is 21.0. The van der Waals surface area contributed by atoms with Gasteiger partial charge in [-0.1, -0.05) is 19.1 Å². The van der Waals surface area contributed by atoms with Crippen molar-refractivity contribution < 1.29 is 22.7 Å². The van der Waals surface area contributed by atoms with Crippen LogP contribution in [-0.2, 0) is 21.2 Å². The van der Waals surface area contributed by atoms with Gasteiger partial charge in [-0.25, -0.2) is 8.42 Å². The third-order valence-corrected chi connectivity index (χ3v) is 6.25. The van der Waals surface area contributed by atoms with Crippen molar-refractivity contribution in [1.29, 1.82) is 0 Å². The summed E-state index contributed by atoms with van der Waals surface area (Å²) >= 11 is 0. The second-order valence-electron chi connectivity index (χ2n) is 6.95. The first-order chi connectivity index (χ1) is 13.8. The molecule has 1 fully saturated rings. The van der Waals surface area contributed by atoms with E-state index in [9.17, 15) is 13.2 Å². The Morgan fingerprint density at radius 2 is 1.97 bits per heavy atom. The van der Waals surface area contributed by atoms with Gasteiger partial charge < -0.3 is 14.4 Å². The monoisotopic (exact) mass is 418 g/mol. The third kappa shape index (κ3) is 4.89. The van der Waals surface area contributed by atoms with E-state index in [1.807, 2.05) is 26.0 Å². The second kappa shape index (κ2) is 8.84. The molecule has 8 heteroatoms. The molecule has 1 aliphatic rings. The molecule has 1 unspecified atom stereocenters. The molecular formula is C21H26N2O5S. The van der Waals surface area contributed by atoms with Crippen molar-refractivity contribution in [3.05, 3.63) is 53.6 Å². The maximum Gasteiger partial charge on any atom is 0.265 e. The van der Waals surface area contributed by atoms with E-state index >= 15 is 0 Å². The van der Waals surface area contributed by atoms with E-state index in [0.717, 1.165) is 12.0 Å². The lowest BCUT2D eigenvalue weighted by Gasteiger charge is -2.31. The summed E-state index contributed by atoms with van der Waals surface area (Å²) in [6, 6.07) is 11.6. The van der Waals surface area contributed by atoms with E-state index in [1.165, 1.54) is 19.2 Å². The van der Waals surface area contributed by atoms with Crippen molar-refractivity contribution in [2.24, 2.45) is 0 Å². The summed E-state index contributed by atoms with van der Waals surface area (Å²) in [7, 11) is -2.55. The Morgan fingerprint density at radius 3 is 2.59 bits per heavy atom. The van der Waals surface area contributed by atoms with Crippen LogP contribution in [-0.4, -0.2) is 52.1 Å². The molecule has 0 aromatic heterocycles. The molecule has 0 aliphatic carbocycles. The molecule has 1 heterocycles. The molecule has 3 rings (SSSR count). The number of carbonyl (C=O) groups is 1. The van der Waals surface area contributed by atoms with Crippen LogP contribution in [0, 0.1) is 0 Å². The van der Waals surface area contributed by atoms with E-state index < -0.39 is 10.0 Å². The number of ether oxygens (including phenoxy) is 2. The van der Waals surface area contributed by atoms with Gasteiger partial charge in [0.25, 0.3) is 15.9 Å². The van der Waals surface area contributed by atoms with Crippen LogP contribution in [0.1, 0.15) is 29.8 Å². The van der Waals surface area contributed by atoms with Gasteiger partial charge in [-0.15, -0.1) is 0 Å². The molecule has 2 aromatic rings. The predicted octanol–water partition coefficient (Wildman–Crippen LogP) is 2.92. The Balaban J connectivity index is 1.90. The Hall–Kier alpha value is -2.58. The lowest BCUT2D eigenvalue weighted by Crippen LogP contribution is -2.44. The maximum absolute atomic E-state index is 13.0. The highest BCUT2D eigenvalue weighted by atomic mass is 32.2. The van der Waals surface area contributed by atoms with E-state index in [-0.39, 0.29) is 22.7 Å². The SMILES string of the molecule is CCc1ccc(NS(=O)(=O)c2cc(C(=O)N3CCOC(C)C3)ccc2OC)cc1. The smallest absolute Gasteiger partial charge is 0.265 e. The lowest BCUT2D eigenvalue weighted by molar-refractivity contribution is -0.0124. The van der Waals surface area contributed by atoms with Crippen LogP contribution in [0.25, 0.3) is 0 Å². The summed E-state index contributed by atoms with van der Waals surface area (Å²) in [6.07, 6.45) is 0.812. The average Bonchev–Trinajstić information content (AvgIpc) is 2.73. The van der Waals surface area contributed by atoms with Gasteiger partial charge in [-0.05, 0) is 49.2 Å². The molecule has 29 heavy (non-hydrogen) atoms. The molecule has 0 spiro atoms. The molecule has 1 amide bonds. The third-order valence-electron chi connectivity index (χ3n) is 4.84. The number of nitrogens with zero attached hydrogens (tertiary/aromatic N) is 1. The highest BCUT2D eigenvalue weighted by molar-refractivity contribution is 7.92. The maximum atomic E-state index is 13.0. The van der Waals surface area contributed by atoms with Crippen LogP contribution < -0.4 is 9.46 Å². The number of nitrogens with one attached hydrogen (secondary N) is 1. The number of hydrogen-bond donors (Lipinski definition) is 1. The van der Waals surface area contributed by atoms with Crippen molar-refractivity contribution in [2.45, 2.75) is 31.3 Å². The van der Waals surface area contributed by atoms with E-state index in [0.29, 0.717) is 30.9 Å². The minimum atomic E-state index is -3.94. The van der Waals surface area contributed by atoms with Crippen molar-refractivity contribution >= 4 is 21.6 Å². The molecule has 1 aliphatic heterocycles. The molecule has 156 valence electrons. The van der Waals surface area contributed by atoms with Gasteiger partial charge in [-0.3, -0.25) is 9.52 Å². The molecule has 1 saturated heterocycles. The quantitative estimate of drug-likeness (QED) is 0.780. The minimum Gasteiger partial charge on any atom is -0.495 e. The number of rotatable bonds is 6. The summed E-state index contributed by atoms with van der Waals surface area (Å²) in [4.78, 5) is 14.5. The summed E-state index contributed by atoms with van der Waals surface area (Å²) < 4.78 is 39.3. The van der Waals surface area contributed by atoms with E-state index in [1.54, 1.807) is 23.1 Å². The van der Waals surface area contributed by atoms with Crippen LogP contribution in [0.5, 0.6) is 5.75 Å². The number of aryl methyl sites for hydroxylation is 1. The number of morpholine rings is 1. The average molecular weight is 419 g/mol. The van der Waals surface area contributed by atoms with Crippen molar-refractivity contribution in [2.75, 3.05) is 31.5 Å². The van der Waals surface area contributed by atoms with Crippen LogP contribution in [0.3, 0.4) is 0 Å². The molecule has 0 radical (unpaired) electrons. The number of anilines is 1. The Bertz CT molecular complexity index is 973. The van der Waals surface area contributed by atoms with Crippen molar-refractivity contribution in [1.82, 2.24) is 4.90 Å². The van der Waals surface area contributed by atoms with Gasteiger partial charge in [0.05, 0.1) is 19.8 Å². The highest BCUT2D eigenvalue weighted by Gasteiger charge is 2.26. The van der Waals surface area contributed by atoms with Gasteiger partial charge in [-0.2, -0.15) is 0 Å². The van der Waals surface area contributed by atoms with Gasteiger partial charge in [0.2, 0.25) is 0 Å². The number of methoxy groups -OCH3 is 1. The van der Waals surface area contributed by atoms with Gasteiger partial charge in [0.15, 0.2) is 0 Å². The van der Waals surface area contributed by atoms with Gasteiger partial charge in [0.1, 0.15) is 10.6 Å². The number of hydrogen-bond acceptors (Lipinski definition) is 5. The Morgan fingerprint density at radius 1 is 1.24 bits per heavy atom. The lowest BCUT2D eigenvalue weighted by atomic mass is 10.1. The standard InChI is InChI=1S/C21H26N2O5S/c1-4-16-5-8-18(9-6-16)22-29(25,26)20-13-17(7-10-19(20)27-3)21(24)23-11-12-28-15(2)14-23/h5-10,13,15,22H,4,11-12,14H2,1-3H3. The van der Waals surface area contributed by atoms with E-state index in [2.05, 4.69) is 4.72 Å². The topological polar surface area (TPSA) is 84.9 Å². The normalized spacial score (nSPS) is 17.1. The minimum absolute atomic E-state index is 0.0538. The van der Waals surface area contributed by atoms with E-state index in [4.69, 9.17) is 9.47 Å². The first-order valence-corrected chi connectivity index (χ1v) is 11.0. The molecule has 0 bridgehead atoms.